The molecule has 0 unspecified atom stereocenters. The molecule has 0 aliphatic carbocycles. The molecule has 1 aliphatic rings. The maximum atomic E-state index is 4.08. The van der Waals surface area contributed by atoms with Crippen molar-refractivity contribution in [3.8, 4) is 0 Å². The molecule has 9 heavy (non-hydrogen) atoms. The molecule has 0 amide bonds. The molecule has 0 radical (unpaired) electrons. The highest BCUT2D eigenvalue weighted by Gasteiger charge is 1.98. The molecule has 50 valence electrons. The average Bonchev–Trinajstić information content (AvgIpc) is 1.90. The van der Waals surface area contributed by atoms with Crippen molar-refractivity contribution < 1.29 is 0 Å². The van der Waals surface area contributed by atoms with Gasteiger partial charge in [-0.05, 0) is 6.08 Å². The Morgan fingerprint density at radius 2 is 2.33 bits per heavy atom. The highest BCUT2D eigenvalue weighted by molar-refractivity contribution is 5.62. The standard InChI is InChI=1S/C7H12N2/c1-9(2)7-3-5-8-6-4-7/h3,6H,4-5H2,1-2H3. The zero-order valence-corrected chi connectivity index (χ0v) is 5.96. The lowest BCUT2D eigenvalue weighted by Gasteiger charge is -2.16. The van der Waals surface area contributed by atoms with E-state index in [4.69, 9.17) is 0 Å². The van der Waals surface area contributed by atoms with Gasteiger partial charge in [0.05, 0.1) is 6.54 Å². The Labute approximate surface area is 55.9 Å². The minimum Gasteiger partial charge on any atom is -0.381 e. The summed E-state index contributed by atoms with van der Waals surface area (Å²) in [5.41, 5.74) is 1.37. The van der Waals surface area contributed by atoms with Crippen LogP contribution in [-0.2, 0) is 0 Å². The molecule has 0 atom stereocenters. The molecule has 0 saturated carbocycles. The molecule has 1 rings (SSSR count). The van der Waals surface area contributed by atoms with Crippen LogP contribution < -0.4 is 0 Å². The maximum Gasteiger partial charge on any atom is 0.0586 e. The van der Waals surface area contributed by atoms with Crippen molar-refractivity contribution in [3.63, 3.8) is 0 Å². The first-order valence-corrected chi connectivity index (χ1v) is 3.15. The van der Waals surface area contributed by atoms with Crippen LogP contribution in [0.1, 0.15) is 6.42 Å². The molecule has 2 nitrogen and oxygen atoms in total. The molecule has 0 fully saturated rings. The summed E-state index contributed by atoms with van der Waals surface area (Å²) in [4.78, 5) is 6.21. The van der Waals surface area contributed by atoms with Gasteiger partial charge in [-0.2, -0.15) is 0 Å². The number of nitrogens with zero attached hydrogens (tertiary/aromatic N) is 2. The van der Waals surface area contributed by atoms with Crippen molar-refractivity contribution in [2.75, 3.05) is 20.6 Å². The Balaban J connectivity index is 2.50. The van der Waals surface area contributed by atoms with E-state index in [1.54, 1.807) is 0 Å². The van der Waals surface area contributed by atoms with Crippen molar-refractivity contribution >= 4 is 6.21 Å². The Morgan fingerprint density at radius 1 is 1.56 bits per heavy atom. The van der Waals surface area contributed by atoms with E-state index in [1.165, 1.54) is 5.70 Å². The second kappa shape index (κ2) is 2.67. The molecular weight excluding hydrogens is 112 g/mol. The van der Waals surface area contributed by atoms with Crippen LogP contribution in [0.25, 0.3) is 0 Å². The van der Waals surface area contributed by atoms with Gasteiger partial charge in [-0.3, -0.25) is 4.99 Å². The molecule has 0 aromatic carbocycles. The fourth-order valence-electron chi connectivity index (χ4n) is 0.839. The fraction of sp³-hybridized carbons (Fsp3) is 0.571. The molecule has 0 N–H and O–H groups in total. The van der Waals surface area contributed by atoms with E-state index in [9.17, 15) is 0 Å². The SMILES string of the molecule is CN(C)C1=CCN=CC1. The van der Waals surface area contributed by atoms with Crippen molar-refractivity contribution in [3.05, 3.63) is 11.8 Å². The second-order valence-corrected chi connectivity index (χ2v) is 2.34. The lowest BCUT2D eigenvalue weighted by molar-refractivity contribution is 0.502. The van der Waals surface area contributed by atoms with Crippen LogP contribution in [0.5, 0.6) is 0 Å². The largest absolute Gasteiger partial charge is 0.381 e. The van der Waals surface area contributed by atoms with Gasteiger partial charge in [0.1, 0.15) is 0 Å². The number of allylic oxidation sites excluding steroid dienone is 1. The predicted octanol–water partition coefficient (Wildman–Crippen LogP) is 0.906. The summed E-state index contributed by atoms with van der Waals surface area (Å²) in [5, 5.41) is 0. The van der Waals surface area contributed by atoms with Crippen LogP contribution in [-0.4, -0.2) is 31.8 Å². The molecule has 0 spiro atoms. The number of aliphatic imine (C=N–C) groups is 1. The highest BCUT2D eigenvalue weighted by Crippen LogP contribution is 2.05. The van der Waals surface area contributed by atoms with Gasteiger partial charge in [0, 0.05) is 32.4 Å². The normalized spacial score (nSPS) is 17.3. The third kappa shape index (κ3) is 1.56. The Bertz CT molecular complexity index is 145. The van der Waals surface area contributed by atoms with Gasteiger partial charge in [-0.15, -0.1) is 0 Å². The molecule has 0 aromatic heterocycles. The van der Waals surface area contributed by atoms with Crippen LogP contribution in [0.2, 0.25) is 0 Å². The lowest BCUT2D eigenvalue weighted by atomic mass is 10.2. The average molecular weight is 124 g/mol. The summed E-state index contributed by atoms with van der Waals surface area (Å²) < 4.78 is 0. The molecule has 0 saturated heterocycles. The fourth-order valence-corrected chi connectivity index (χ4v) is 0.839. The van der Waals surface area contributed by atoms with E-state index in [-0.39, 0.29) is 0 Å². The lowest BCUT2D eigenvalue weighted by Crippen LogP contribution is -2.13. The summed E-state index contributed by atoms with van der Waals surface area (Å²) in [7, 11) is 4.12. The first-order valence-electron chi connectivity index (χ1n) is 3.15. The molecular formula is C7H12N2. The van der Waals surface area contributed by atoms with E-state index < -0.39 is 0 Å². The zero-order valence-electron chi connectivity index (χ0n) is 5.96. The van der Waals surface area contributed by atoms with Crippen LogP contribution in [0.3, 0.4) is 0 Å². The first kappa shape index (κ1) is 6.33. The molecule has 1 aliphatic heterocycles. The smallest absolute Gasteiger partial charge is 0.0586 e. The van der Waals surface area contributed by atoms with Gasteiger partial charge in [-0.25, -0.2) is 0 Å². The van der Waals surface area contributed by atoms with Crippen molar-refractivity contribution in [2.45, 2.75) is 6.42 Å². The first-order chi connectivity index (χ1) is 4.30. The van der Waals surface area contributed by atoms with Gasteiger partial charge in [0.2, 0.25) is 0 Å². The minimum absolute atomic E-state index is 0.855. The van der Waals surface area contributed by atoms with Gasteiger partial charge in [-0.1, -0.05) is 0 Å². The molecule has 2 heteroatoms. The van der Waals surface area contributed by atoms with Gasteiger partial charge in [0.15, 0.2) is 0 Å². The number of hydrogen-bond donors (Lipinski definition) is 0. The van der Waals surface area contributed by atoms with E-state index in [0.29, 0.717) is 0 Å². The summed E-state index contributed by atoms with van der Waals surface area (Å²) in [6.45, 7) is 0.855. The van der Waals surface area contributed by atoms with E-state index in [2.05, 4.69) is 30.1 Å². The third-order valence-electron chi connectivity index (χ3n) is 1.44. The summed E-state index contributed by atoms with van der Waals surface area (Å²) in [6.07, 6.45) is 5.11. The van der Waals surface area contributed by atoms with Crippen molar-refractivity contribution in [2.24, 2.45) is 4.99 Å². The topological polar surface area (TPSA) is 15.6 Å². The molecule has 0 bridgehead atoms. The quantitative estimate of drug-likeness (QED) is 0.507. The minimum atomic E-state index is 0.855. The van der Waals surface area contributed by atoms with Gasteiger partial charge in [0.25, 0.3) is 0 Å². The summed E-state index contributed by atoms with van der Waals surface area (Å²) >= 11 is 0. The van der Waals surface area contributed by atoms with Crippen molar-refractivity contribution in [1.82, 2.24) is 4.90 Å². The summed E-state index contributed by atoms with van der Waals surface area (Å²) in [5.74, 6) is 0. The van der Waals surface area contributed by atoms with E-state index in [0.717, 1.165) is 13.0 Å². The van der Waals surface area contributed by atoms with Crippen LogP contribution in [0.4, 0.5) is 0 Å². The number of dihydropyridines is 1. The molecule has 1 heterocycles. The van der Waals surface area contributed by atoms with E-state index in [1.807, 2.05) is 6.21 Å². The maximum absolute atomic E-state index is 4.08. The predicted molar refractivity (Wildman–Crippen MR) is 39.7 cm³/mol. The Morgan fingerprint density at radius 3 is 2.67 bits per heavy atom. The number of rotatable bonds is 1. The van der Waals surface area contributed by atoms with Crippen LogP contribution in [0, 0.1) is 0 Å². The molecule has 0 aromatic rings. The van der Waals surface area contributed by atoms with E-state index >= 15 is 0 Å². The van der Waals surface area contributed by atoms with Crippen molar-refractivity contribution in [1.29, 1.82) is 0 Å². The zero-order chi connectivity index (χ0) is 6.69. The monoisotopic (exact) mass is 124 g/mol. The second-order valence-electron chi connectivity index (χ2n) is 2.34. The van der Waals surface area contributed by atoms with Crippen LogP contribution >= 0.6 is 0 Å². The van der Waals surface area contributed by atoms with Gasteiger partial charge >= 0.3 is 0 Å². The third-order valence-corrected chi connectivity index (χ3v) is 1.44. The summed E-state index contributed by atoms with van der Waals surface area (Å²) in [6, 6.07) is 0. The Kier molecular flexibility index (Phi) is 1.88. The van der Waals surface area contributed by atoms with Gasteiger partial charge < -0.3 is 4.90 Å². The highest BCUT2D eigenvalue weighted by atomic mass is 15.1. The number of hydrogen-bond acceptors (Lipinski definition) is 2. The Hall–Kier alpha value is -0.790. The van der Waals surface area contributed by atoms with Crippen LogP contribution in [0.15, 0.2) is 16.8 Å².